The van der Waals surface area contributed by atoms with E-state index in [-0.39, 0.29) is 0 Å². The van der Waals surface area contributed by atoms with E-state index in [9.17, 15) is 0 Å². The van der Waals surface area contributed by atoms with Crippen LogP contribution in [-0.2, 0) is 6.54 Å². The molecule has 0 aliphatic heterocycles. The Morgan fingerprint density at radius 2 is 1.89 bits per heavy atom. The highest BCUT2D eigenvalue weighted by Crippen LogP contribution is 2.09. The van der Waals surface area contributed by atoms with Crippen molar-refractivity contribution in [3.05, 3.63) is 23.8 Å². The minimum Gasteiger partial charge on any atom is -0.317 e. The highest BCUT2D eigenvalue weighted by atomic mass is 15.3. The van der Waals surface area contributed by atoms with E-state index in [2.05, 4.69) is 45.1 Å². The topological polar surface area (TPSA) is 65.6 Å². The van der Waals surface area contributed by atoms with Crippen molar-refractivity contribution < 1.29 is 0 Å². The zero-order valence-electron chi connectivity index (χ0n) is 10.9. The first-order chi connectivity index (χ1) is 8.90. The second kappa shape index (κ2) is 7.08. The van der Waals surface area contributed by atoms with Crippen LogP contribution >= 0.6 is 0 Å². The van der Waals surface area contributed by atoms with Gasteiger partial charge in [-0.25, -0.2) is 0 Å². The molecule has 5 heteroatoms. The van der Waals surface area contributed by atoms with E-state index in [1.807, 2.05) is 6.07 Å². The molecule has 0 fully saturated rings. The van der Waals surface area contributed by atoms with E-state index in [1.54, 1.807) is 0 Å². The van der Waals surface area contributed by atoms with Gasteiger partial charge >= 0.3 is 0 Å². The quantitative estimate of drug-likeness (QED) is 0.618. The maximum Gasteiger partial charge on any atom is 0.113 e. The summed E-state index contributed by atoms with van der Waals surface area (Å²) in [7, 11) is 0. The third kappa shape index (κ3) is 3.78. The second-order valence-corrected chi connectivity index (χ2v) is 4.43. The third-order valence-electron chi connectivity index (χ3n) is 2.84. The first-order valence-corrected chi connectivity index (χ1v) is 6.61. The van der Waals surface area contributed by atoms with E-state index in [4.69, 9.17) is 0 Å². The number of hydrogen-bond donors (Lipinski definition) is 3. The van der Waals surface area contributed by atoms with Crippen molar-refractivity contribution >= 4 is 11.0 Å². The van der Waals surface area contributed by atoms with Gasteiger partial charge in [-0.3, -0.25) is 0 Å². The SMILES string of the molecule is CCCNCCCNCc1ccc2n[nH]nc2c1. The van der Waals surface area contributed by atoms with Crippen LogP contribution in [0.5, 0.6) is 0 Å². The van der Waals surface area contributed by atoms with Gasteiger partial charge in [0.1, 0.15) is 11.0 Å². The van der Waals surface area contributed by atoms with Crippen LogP contribution in [0.15, 0.2) is 18.2 Å². The molecule has 0 aliphatic rings. The van der Waals surface area contributed by atoms with Gasteiger partial charge in [0, 0.05) is 6.54 Å². The molecule has 18 heavy (non-hydrogen) atoms. The Morgan fingerprint density at radius 3 is 2.78 bits per heavy atom. The summed E-state index contributed by atoms with van der Waals surface area (Å²) in [5.41, 5.74) is 3.10. The largest absolute Gasteiger partial charge is 0.317 e. The minimum absolute atomic E-state index is 0.885. The summed E-state index contributed by atoms with van der Waals surface area (Å²) in [5, 5.41) is 17.6. The van der Waals surface area contributed by atoms with Crippen LogP contribution in [0.25, 0.3) is 11.0 Å². The summed E-state index contributed by atoms with van der Waals surface area (Å²) < 4.78 is 0. The van der Waals surface area contributed by atoms with Crippen LogP contribution in [0.3, 0.4) is 0 Å². The number of aromatic amines is 1. The minimum atomic E-state index is 0.885. The number of rotatable bonds is 8. The first kappa shape index (κ1) is 13.0. The fourth-order valence-corrected chi connectivity index (χ4v) is 1.87. The summed E-state index contributed by atoms with van der Waals surface area (Å²) in [4.78, 5) is 0. The molecule has 0 radical (unpaired) electrons. The van der Waals surface area contributed by atoms with Gasteiger partial charge in [-0.1, -0.05) is 13.0 Å². The van der Waals surface area contributed by atoms with Gasteiger partial charge in [-0.05, 0) is 50.2 Å². The molecule has 1 aromatic heterocycles. The Hall–Kier alpha value is -1.46. The molecule has 0 aliphatic carbocycles. The van der Waals surface area contributed by atoms with Gasteiger partial charge in [0.15, 0.2) is 0 Å². The predicted octanol–water partition coefficient (Wildman–Crippen LogP) is 1.44. The van der Waals surface area contributed by atoms with Crippen LogP contribution in [0, 0.1) is 0 Å². The van der Waals surface area contributed by atoms with Gasteiger partial charge in [-0.2, -0.15) is 15.4 Å². The summed E-state index contributed by atoms with van der Waals surface area (Å²) in [6.45, 7) is 6.31. The predicted molar refractivity (Wildman–Crippen MR) is 73.4 cm³/mol. The first-order valence-electron chi connectivity index (χ1n) is 6.61. The molecular weight excluding hydrogens is 226 g/mol. The van der Waals surface area contributed by atoms with Crippen molar-refractivity contribution in [3.63, 3.8) is 0 Å². The molecule has 2 aromatic rings. The molecule has 0 bridgehead atoms. The molecule has 0 saturated carbocycles. The zero-order valence-corrected chi connectivity index (χ0v) is 10.9. The molecule has 5 nitrogen and oxygen atoms in total. The maximum atomic E-state index is 4.08. The molecule has 98 valence electrons. The van der Waals surface area contributed by atoms with Crippen molar-refractivity contribution in [3.8, 4) is 0 Å². The number of aromatic nitrogens is 3. The van der Waals surface area contributed by atoms with Gasteiger partial charge in [0.2, 0.25) is 0 Å². The van der Waals surface area contributed by atoms with E-state index < -0.39 is 0 Å². The van der Waals surface area contributed by atoms with Crippen molar-refractivity contribution in [2.75, 3.05) is 19.6 Å². The molecule has 2 rings (SSSR count). The Kier molecular flexibility index (Phi) is 5.11. The number of hydrogen-bond acceptors (Lipinski definition) is 4. The van der Waals surface area contributed by atoms with Crippen LogP contribution < -0.4 is 10.6 Å². The Bertz CT molecular complexity index is 465. The molecular formula is C13H21N5. The standard InChI is InChI=1S/C13H21N5/c1-2-6-14-7-3-8-15-10-11-4-5-12-13(9-11)17-18-16-12/h4-5,9,14-15H,2-3,6-8,10H2,1H3,(H,16,17,18). The normalized spacial score (nSPS) is 11.2. The number of H-pyrrole nitrogens is 1. The van der Waals surface area contributed by atoms with Crippen molar-refractivity contribution in [2.45, 2.75) is 26.3 Å². The summed E-state index contributed by atoms with van der Waals surface area (Å²) in [6.07, 6.45) is 2.36. The second-order valence-electron chi connectivity index (χ2n) is 4.43. The molecule has 0 saturated heterocycles. The Morgan fingerprint density at radius 1 is 1.06 bits per heavy atom. The molecule has 1 heterocycles. The fourth-order valence-electron chi connectivity index (χ4n) is 1.87. The lowest BCUT2D eigenvalue weighted by atomic mass is 10.2. The van der Waals surface area contributed by atoms with Gasteiger partial charge in [0.25, 0.3) is 0 Å². The average molecular weight is 247 g/mol. The molecule has 3 N–H and O–H groups in total. The number of nitrogens with zero attached hydrogens (tertiary/aromatic N) is 2. The number of nitrogens with one attached hydrogen (secondary N) is 3. The lowest BCUT2D eigenvalue weighted by Crippen LogP contribution is -2.22. The lowest BCUT2D eigenvalue weighted by Gasteiger charge is -2.05. The summed E-state index contributed by atoms with van der Waals surface area (Å²) in [5.74, 6) is 0. The van der Waals surface area contributed by atoms with Crippen molar-refractivity contribution in [1.82, 2.24) is 26.0 Å². The van der Waals surface area contributed by atoms with Crippen molar-refractivity contribution in [2.24, 2.45) is 0 Å². The highest BCUT2D eigenvalue weighted by Gasteiger charge is 1.99. The van der Waals surface area contributed by atoms with Crippen LogP contribution in [0.1, 0.15) is 25.3 Å². The lowest BCUT2D eigenvalue weighted by molar-refractivity contribution is 0.592. The van der Waals surface area contributed by atoms with Crippen LogP contribution in [0.4, 0.5) is 0 Å². The summed E-state index contributed by atoms with van der Waals surface area (Å²) >= 11 is 0. The van der Waals surface area contributed by atoms with E-state index in [0.29, 0.717) is 0 Å². The third-order valence-corrected chi connectivity index (χ3v) is 2.84. The monoisotopic (exact) mass is 247 g/mol. The molecule has 1 aromatic carbocycles. The Balaban J connectivity index is 1.67. The van der Waals surface area contributed by atoms with E-state index in [0.717, 1.165) is 43.6 Å². The zero-order chi connectivity index (χ0) is 12.6. The van der Waals surface area contributed by atoms with Crippen molar-refractivity contribution in [1.29, 1.82) is 0 Å². The van der Waals surface area contributed by atoms with E-state index in [1.165, 1.54) is 12.0 Å². The maximum absolute atomic E-state index is 4.08. The summed E-state index contributed by atoms with van der Waals surface area (Å²) in [6, 6.07) is 6.16. The number of benzene rings is 1. The van der Waals surface area contributed by atoms with Crippen LogP contribution in [0.2, 0.25) is 0 Å². The van der Waals surface area contributed by atoms with Gasteiger partial charge in [-0.15, -0.1) is 0 Å². The fraction of sp³-hybridized carbons (Fsp3) is 0.538. The number of fused-ring (bicyclic) bond motifs is 1. The molecule has 0 unspecified atom stereocenters. The molecule has 0 atom stereocenters. The highest BCUT2D eigenvalue weighted by molar-refractivity contribution is 5.74. The smallest absolute Gasteiger partial charge is 0.113 e. The molecule has 0 spiro atoms. The van der Waals surface area contributed by atoms with Gasteiger partial charge in [0.05, 0.1) is 0 Å². The average Bonchev–Trinajstić information content (AvgIpc) is 2.85. The molecule has 0 amide bonds. The van der Waals surface area contributed by atoms with E-state index >= 15 is 0 Å². The van der Waals surface area contributed by atoms with Gasteiger partial charge < -0.3 is 10.6 Å². The van der Waals surface area contributed by atoms with Crippen LogP contribution in [-0.4, -0.2) is 35.0 Å². The Labute approximate surface area is 107 Å².